The van der Waals surface area contributed by atoms with E-state index in [0.29, 0.717) is 18.0 Å². The van der Waals surface area contributed by atoms with Gasteiger partial charge in [-0.05, 0) is 18.8 Å². The molecule has 0 aromatic rings. The van der Waals surface area contributed by atoms with Crippen LogP contribution in [0.3, 0.4) is 0 Å². The molecule has 3 fully saturated rings. The predicted octanol–water partition coefficient (Wildman–Crippen LogP) is 0.379. The molecule has 0 bridgehead atoms. The highest BCUT2D eigenvalue weighted by molar-refractivity contribution is 5.84. The first-order valence-electron chi connectivity index (χ1n) is 3.67. The lowest BCUT2D eigenvalue weighted by Gasteiger charge is -2.36. The highest BCUT2D eigenvalue weighted by atomic mass is 16.2. The van der Waals surface area contributed by atoms with Crippen molar-refractivity contribution in [2.75, 3.05) is 0 Å². The second-order valence-electron chi connectivity index (χ2n) is 3.46. The molecule has 0 aromatic carbocycles. The summed E-state index contributed by atoms with van der Waals surface area (Å²) in [6.45, 7) is 0. The Balaban J connectivity index is 1.95. The number of carbonyl (C=O) groups excluding carboxylic acids is 1. The Morgan fingerprint density at radius 1 is 1.44 bits per heavy atom. The van der Waals surface area contributed by atoms with E-state index in [-0.39, 0.29) is 0 Å². The highest BCUT2D eigenvalue weighted by Crippen LogP contribution is 2.52. The standard InChI is InChI=1S/C7H9NO/c9-7-3-5-1-4-2-6(4)8(5)7/h4-6H,1-3H2/t4?,5?,6-/m1/s1. The number of carbonyl (C=O) groups is 1. The Hall–Kier alpha value is -0.530. The van der Waals surface area contributed by atoms with Gasteiger partial charge in [0.1, 0.15) is 0 Å². The Labute approximate surface area is 53.8 Å². The fraction of sp³-hybridized carbons (Fsp3) is 0.857. The fourth-order valence-corrected chi connectivity index (χ4v) is 2.32. The average molecular weight is 123 g/mol. The summed E-state index contributed by atoms with van der Waals surface area (Å²) in [4.78, 5) is 13.0. The number of hydrogen-bond donors (Lipinski definition) is 0. The van der Waals surface area contributed by atoms with Gasteiger partial charge in [-0.2, -0.15) is 0 Å². The molecule has 3 rings (SSSR count). The van der Waals surface area contributed by atoms with Crippen molar-refractivity contribution in [3.05, 3.63) is 0 Å². The Morgan fingerprint density at radius 2 is 2.33 bits per heavy atom. The topological polar surface area (TPSA) is 20.3 Å². The summed E-state index contributed by atoms with van der Waals surface area (Å²) in [6, 6.07) is 1.39. The second-order valence-corrected chi connectivity index (χ2v) is 3.46. The van der Waals surface area contributed by atoms with Crippen LogP contribution in [0, 0.1) is 5.92 Å². The molecule has 3 atom stereocenters. The Bertz CT molecular complexity index is 187. The number of piperidine rings is 1. The fourth-order valence-electron chi connectivity index (χ4n) is 2.32. The molecule has 2 heterocycles. The van der Waals surface area contributed by atoms with Crippen LogP contribution < -0.4 is 0 Å². The third kappa shape index (κ3) is 0.345. The van der Waals surface area contributed by atoms with E-state index in [1.54, 1.807) is 0 Å². The van der Waals surface area contributed by atoms with Crippen molar-refractivity contribution in [1.82, 2.24) is 4.90 Å². The van der Waals surface area contributed by atoms with Gasteiger partial charge in [0.05, 0.1) is 0 Å². The van der Waals surface area contributed by atoms with Crippen molar-refractivity contribution in [2.24, 2.45) is 5.92 Å². The number of nitrogens with zero attached hydrogens (tertiary/aromatic N) is 1. The van der Waals surface area contributed by atoms with Crippen LogP contribution >= 0.6 is 0 Å². The zero-order valence-electron chi connectivity index (χ0n) is 5.21. The van der Waals surface area contributed by atoms with Gasteiger partial charge >= 0.3 is 0 Å². The summed E-state index contributed by atoms with van der Waals surface area (Å²) in [6.07, 6.45) is 3.48. The third-order valence-corrected chi connectivity index (χ3v) is 2.91. The molecule has 1 saturated carbocycles. The molecule has 0 aromatic heterocycles. The molecule has 1 amide bonds. The normalized spacial score (nSPS) is 52.2. The van der Waals surface area contributed by atoms with E-state index in [0.717, 1.165) is 12.3 Å². The van der Waals surface area contributed by atoms with E-state index in [1.807, 2.05) is 0 Å². The summed E-state index contributed by atoms with van der Waals surface area (Å²) in [7, 11) is 0. The van der Waals surface area contributed by atoms with E-state index in [1.165, 1.54) is 12.8 Å². The van der Waals surface area contributed by atoms with E-state index in [9.17, 15) is 4.79 Å². The van der Waals surface area contributed by atoms with Crippen LogP contribution in [-0.4, -0.2) is 22.9 Å². The largest absolute Gasteiger partial charge is 0.336 e. The molecule has 0 radical (unpaired) electrons. The zero-order valence-corrected chi connectivity index (χ0v) is 5.21. The van der Waals surface area contributed by atoms with Gasteiger partial charge in [-0.25, -0.2) is 0 Å². The van der Waals surface area contributed by atoms with Gasteiger partial charge in [-0.15, -0.1) is 0 Å². The van der Waals surface area contributed by atoms with Crippen LogP contribution in [0.15, 0.2) is 0 Å². The Morgan fingerprint density at radius 3 is 2.89 bits per heavy atom. The van der Waals surface area contributed by atoms with E-state index >= 15 is 0 Å². The van der Waals surface area contributed by atoms with Crippen LogP contribution in [0.25, 0.3) is 0 Å². The van der Waals surface area contributed by atoms with Crippen LogP contribution in [0.1, 0.15) is 19.3 Å². The summed E-state index contributed by atoms with van der Waals surface area (Å²) in [5.41, 5.74) is 0. The molecule has 2 heteroatoms. The number of β-lactam (4-membered cyclic amide) rings is 1. The average Bonchev–Trinajstić information content (AvgIpc) is 2.42. The first kappa shape index (κ1) is 4.31. The van der Waals surface area contributed by atoms with E-state index in [2.05, 4.69) is 4.90 Å². The summed E-state index contributed by atoms with van der Waals surface area (Å²) >= 11 is 0. The molecule has 48 valence electrons. The maximum absolute atomic E-state index is 10.9. The lowest BCUT2D eigenvalue weighted by molar-refractivity contribution is -0.144. The molecule has 0 spiro atoms. The molecule has 0 N–H and O–H groups in total. The zero-order chi connectivity index (χ0) is 6.01. The second kappa shape index (κ2) is 1.02. The molecule has 1 aliphatic carbocycles. The van der Waals surface area contributed by atoms with Gasteiger partial charge in [0.15, 0.2) is 0 Å². The van der Waals surface area contributed by atoms with Crippen LogP contribution in [0.2, 0.25) is 0 Å². The van der Waals surface area contributed by atoms with E-state index < -0.39 is 0 Å². The van der Waals surface area contributed by atoms with Crippen LogP contribution in [-0.2, 0) is 4.79 Å². The molecular weight excluding hydrogens is 114 g/mol. The quantitative estimate of drug-likeness (QED) is 0.426. The third-order valence-electron chi connectivity index (χ3n) is 2.91. The molecule has 2 unspecified atom stereocenters. The van der Waals surface area contributed by atoms with Crippen LogP contribution in [0.5, 0.6) is 0 Å². The first-order chi connectivity index (χ1) is 4.36. The highest BCUT2D eigenvalue weighted by Gasteiger charge is 2.58. The van der Waals surface area contributed by atoms with Gasteiger partial charge in [-0.1, -0.05) is 0 Å². The van der Waals surface area contributed by atoms with Gasteiger partial charge in [0.25, 0.3) is 0 Å². The lowest BCUT2D eigenvalue weighted by atomic mass is 10.0. The molecular formula is C7H9NO. The summed E-state index contributed by atoms with van der Waals surface area (Å²) < 4.78 is 0. The van der Waals surface area contributed by atoms with E-state index in [4.69, 9.17) is 0 Å². The number of hydrogen-bond acceptors (Lipinski definition) is 1. The van der Waals surface area contributed by atoms with Crippen molar-refractivity contribution < 1.29 is 4.79 Å². The lowest BCUT2D eigenvalue weighted by Crippen LogP contribution is -2.50. The molecule has 2 saturated heterocycles. The van der Waals surface area contributed by atoms with Gasteiger partial charge < -0.3 is 4.90 Å². The smallest absolute Gasteiger partial charge is 0.225 e. The number of rotatable bonds is 0. The number of fused-ring (bicyclic) bond motifs is 3. The maximum Gasteiger partial charge on any atom is 0.225 e. The molecule has 2 aliphatic heterocycles. The number of amides is 1. The van der Waals surface area contributed by atoms with Gasteiger partial charge in [0, 0.05) is 18.5 Å². The van der Waals surface area contributed by atoms with Crippen molar-refractivity contribution in [3.8, 4) is 0 Å². The summed E-state index contributed by atoms with van der Waals surface area (Å²) in [5.74, 6) is 1.33. The Kier molecular flexibility index (Phi) is 0.491. The van der Waals surface area contributed by atoms with Crippen molar-refractivity contribution >= 4 is 5.91 Å². The van der Waals surface area contributed by atoms with Crippen LogP contribution in [0.4, 0.5) is 0 Å². The summed E-state index contributed by atoms with van der Waals surface area (Å²) in [5, 5.41) is 0. The SMILES string of the molecule is O=C1CC2CC3C[C@H]3N12. The molecule has 3 aliphatic rings. The van der Waals surface area contributed by atoms with Crippen molar-refractivity contribution in [2.45, 2.75) is 31.3 Å². The van der Waals surface area contributed by atoms with Gasteiger partial charge in [-0.3, -0.25) is 4.79 Å². The predicted molar refractivity (Wildman–Crippen MR) is 31.8 cm³/mol. The van der Waals surface area contributed by atoms with Crippen molar-refractivity contribution in [1.29, 1.82) is 0 Å². The minimum atomic E-state index is 0.407. The minimum Gasteiger partial charge on any atom is -0.336 e. The maximum atomic E-state index is 10.9. The minimum absolute atomic E-state index is 0.407. The first-order valence-corrected chi connectivity index (χ1v) is 3.67. The van der Waals surface area contributed by atoms with Gasteiger partial charge in [0.2, 0.25) is 5.91 Å². The molecule has 9 heavy (non-hydrogen) atoms. The monoisotopic (exact) mass is 123 g/mol. The van der Waals surface area contributed by atoms with Crippen molar-refractivity contribution in [3.63, 3.8) is 0 Å². The molecule has 2 nitrogen and oxygen atoms in total.